The van der Waals surface area contributed by atoms with E-state index in [4.69, 9.17) is 10.5 Å². The van der Waals surface area contributed by atoms with Crippen LogP contribution in [0.1, 0.15) is 52.4 Å². The van der Waals surface area contributed by atoms with Gasteiger partial charge in [-0.05, 0) is 25.2 Å². The Morgan fingerprint density at radius 2 is 2.00 bits per heavy atom. The largest absolute Gasteiger partial charge is 0.376 e. The van der Waals surface area contributed by atoms with E-state index in [1.165, 1.54) is 32.1 Å². The van der Waals surface area contributed by atoms with Crippen molar-refractivity contribution in [2.24, 2.45) is 11.7 Å². The van der Waals surface area contributed by atoms with Gasteiger partial charge in [0, 0.05) is 6.54 Å². The van der Waals surface area contributed by atoms with Crippen LogP contribution < -0.4 is 11.1 Å². The Morgan fingerprint density at radius 3 is 2.61 bits per heavy atom. The number of nitrogens with one attached hydrogen (secondary N) is 1. The van der Waals surface area contributed by atoms with Crippen LogP contribution in [0.4, 0.5) is 0 Å². The second-order valence-electron chi connectivity index (χ2n) is 5.66. The summed E-state index contributed by atoms with van der Waals surface area (Å²) < 4.78 is 5.74. The molecular formula is C14H28N2O2. The predicted octanol–water partition coefficient (Wildman–Crippen LogP) is 1.83. The van der Waals surface area contributed by atoms with E-state index in [1.807, 2.05) is 0 Å². The van der Waals surface area contributed by atoms with Gasteiger partial charge in [0.2, 0.25) is 5.91 Å². The molecule has 1 fully saturated rings. The van der Waals surface area contributed by atoms with Gasteiger partial charge in [-0.3, -0.25) is 4.79 Å². The molecule has 1 aliphatic carbocycles. The van der Waals surface area contributed by atoms with Crippen LogP contribution >= 0.6 is 0 Å². The van der Waals surface area contributed by atoms with Gasteiger partial charge < -0.3 is 15.8 Å². The fourth-order valence-corrected chi connectivity index (χ4v) is 2.38. The van der Waals surface area contributed by atoms with Crippen molar-refractivity contribution in [2.75, 3.05) is 13.2 Å². The van der Waals surface area contributed by atoms with Crippen LogP contribution in [0.5, 0.6) is 0 Å². The van der Waals surface area contributed by atoms with E-state index in [-0.39, 0.29) is 11.9 Å². The van der Waals surface area contributed by atoms with Crippen LogP contribution in [0, 0.1) is 5.92 Å². The molecule has 1 rings (SSSR count). The molecule has 3 N–H and O–H groups in total. The molecular weight excluding hydrogens is 228 g/mol. The summed E-state index contributed by atoms with van der Waals surface area (Å²) >= 11 is 0. The Kier molecular flexibility index (Phi) is 7.28. The summed E-state index contributed by atoms with van der Waals surface area (Å²) in [5.74, 6) is 0.389. The van der Waals surface area contributed by atoms with Crippen LogP contribution in [-0.4, -0.2) is 31.2 Å². The van der Waals surface area contributed by atoms with E-state index in [0.29, 0.717) is 25.2 Å². The van der Waals surface area contributed by atoms with Crippen molar-refractivity contribution in [3.8, 4) is 0 Å². The smallest absolute Gasteiger partial charge is 0.237 e. The van der Waals surface area contributed by atoms with Crippen molar-refractivity contribution in [1.29, 1.82) is 0 Å². The van der Waals surface area contributed by atoms with E-state index >= 15 is 0 Å². The number of rotatable bonds is 7. The number of carbonyl (C=O) groups excluding carboxylic acids is 1. The highest BCUT2D eigenvalue weighted by atomic mass is 16.5. The Balaban J connectivity index is 2.04. The van der Waals surface area contributed by atoms with E-state index in [9.17, 15) is 4.79 Å². The third kappa shape index (κ3) is 6.36. The van der Waals surface area contributed by atoms with Crippen molar-refractivity contribution in [2.45, 2.75) is 64.5 Å². The zero-order valence-corrected chi connectivity index (χ0v) is 11.8. The molecule has 0 aliphatic heterocycles. The third-order valence-corrected chi connectivity index (χ3v) is 3.37. The number of nitrogens with two attached hydrogens (primary N) is 1. The maximum absolute atomic E-state index is 11.6. The van der Waals surface area contributed by atoms with Gasteiger partial charge in [-0.2, -0.15) is 0 Å². The minimum absolute atomic E-state index is 0.0593. The molecule has 0 aromatic rings. The lowest BCUT2D eigenvalue weighted by molar-refractivity contribution is -0.123. The molecule has 1 atom stereocenters. The van der Waals surface area contributed by atoms with Crippen molar-refractivity contribution < 1.29 is 9.53 Å². The van der Waals surface area contributed by atoms with E-state index < -0.39 is 0 Å². The van der Waals surface area contributed by atoms with Gasteiger partial charge in [-0.1, -0.05) is 33.1 Å². The molecule has 0 heterocycles. The molecule has 106 valence electrons. The second kappa shape index (κ2) is 8.48. The zero-order valence-electron chi connectivity index (χ0n) is 11.8. The summed E-state index contributed by atoms with van der Waals surface area (Å²) in [6, 6.07) is -0.389. The van der Waals surface area contributed by atoms with E-state index in [1.54, 1.807) is 0 Å². The molecule has 1 amide bonds. The monoisotopic (exact) mass is 256 g/mol. The molecule has 18 heavy (non-hydrogen) atoms. The van der Waals surface area contributed by atoms with Gasteiger partial charge in [0.05, 0.1) is 18.8 Å². The van der Waals surface area contributed by atoms with Crippen LogP contribution in [0.2, 0.25) is 0 Å². The van der Waals surface area contributed by atoms with Gasteiger partial charge >= 0.3 is 0 Å². The highest BCUT2D eigenvalue weighted by Crippen LogP contribution is 2.19. The topological polar surface area (TPSA) is 64.4 Å². The molecule has 4 nitrogen and oxygen atoms in total. The van der Waals surface area contributed by atoms with E-state index in [2.05, 4.69) is 19.2 Å². The first-order valence-electron chi connectivity index (χ1n) is 7.24. The maximum atomic E-state index is 11.6. The first-order valence-corrected chi connectivity index (χ1v) is 7.24. The summed E-state index contributed by atoms with van der Waals surface area (Å²) in [5.41, 5.74) is 5.79. The summed E-state index contributed by atoms with van der Waals surface area (Å²) in [4.78, 5) is 11.6. The van der Waals surface area contributed by atoms with Crippen molar-refractivity contribution in [3.63, 3.8) is 0 Å². The molecule has 0 bridgehead atoms. The summed E-state index contributed by atoms with van der Waals surface area (Å²) in [6.45, 7) is 5.31. The molecule has 1 aliphatic rings. The van der Waals surface area contributed by atoms with Gasteiger partial charge in [-0.15, -0.1) is 0 Å². The quantitative estimate of drug-likeness (QED) is 0.683. The number of hydrogen-bond acceptors (Lipinski definition) is 3. The SMILES string of the molecule is CC(C)CC(N)C(=O)NCCOC1CCCCC1. The Morgan fingerprint density at radius 1 is 1.33 bits per heavy atom. The number of amides is 1. The lowest BCUT2D eigenvalue weighted by Crippen LogP contribution is -2.42. The Labute approximate surface area is 111 Å². The van der Waals surface area contributed by atoms with E-state index in [0.717, 1.165) is 6.42 Å². The summed E-state index contributed by atoms with van der Waals surface area (Å²) in [5, 5.41) is 2.84. The molecule has 0 spiro atoms. The van der Waals surface area contributed by atoms with Crippen molar-refractivity contribution in [1.82, 2.24) is 5.32 Å². The summed E-state index contributed by atoms with van der Waals surface area (Å²) in [7, 11) is 0. The molecule has 0 aromatic heterocycles. The van der Waals surface area contributed by atoms with Gasteiger partial charge in [0.1, 0.15) is 0 Å². The van der Waals surface area contributed by atoms with Crippen LogP contribution in [0.15, 0.2) is 0 Å². The molecule has 0 saturated heterocycles. The molecule has 1 saturated carbocycles. The average molecular weight is 256 g/mol. The molecule has 1 unspecified atom stereocenters. The predicted molar refractivity (Wildman–Crippen MR) is 73.3 cm³/mol. The summed E-state index contributed by atoms with van der Waals surface area (Å²) in [6.07, 6.45) is 7.35. The van der Waals surface area contributed by atoms with Gasteiger partial charge in [0.15, 0.2) is 0 Å². The van der Waals surface area contributed by atoms with Crippen LogP contribution in [0.25, 0.3) is 0 Å². The highest BCUT2D eigenvalue weighted by Gasteiger charge is 2.15. The second-order valence-corrected chi connectivity index (χ2v) is 5.66. The minimum Gasteiger partial charge on any atom is -0.376 e. The van der Waals surface area contributed by atoms with Crippen molar-refractivity contribution in [3.05, 3.63) is 0 Å². The van der Waals surface area contributed by atoms with Gasteiger partial charge in [-0.25, -0.2) is 0 Å². The van der Waals surface area contributed by atoms with Crippen LogP contribution in [-0.2, 0) is 9.53 Å². The third-order valence-electron chi connectivity index (χ3n) is 3.37. The molecule has 4 heteroatoms. The maximum Gasteiger partial charge on any atom is 0.237 e. The van der Waals surface area contributed by atoms with Gasteiger partial charge in [0.25, 0.3) is 0 Å². The Hall–Kier alpha value is -0.610. The zero-order chi connectivity index (χ0) is 13.4. The lowest BCUT2D eigenvalue weighted by atomic mass is 9.98. The van der Waals surface area contributed by atoms with Crippen molar-refractivity contribution >= 4 is 5.91 Å². The number of ether oxygens (including phenoxy) is 1. The highest BCUT2D eigenvalue weighted by molar-refractivity contribution is 5.81. The number of carbonyl (C=O) groups is 1. The number of hydrogen-bond donors (Lipinski definition) is 2. The molecule has 0 radical (unpaired) electrons. The fourth-order valence-electron chi connectivity index (χ4n) is 2.38. The average Bonchev–Trinajstić information content (AvgIpc) is 2.34. The Bertz CT molecular complexity index is 238. The standard InChI is InChI=1S/C14H28N2O2/c1-11(2)10-13(15)14(17)16-8-9-18-12-6-4-3-5-7-12/h11-13H,3-10,15H2,1-2H3,(H,16,17). The molecule has 0 aromatic carbocycles. The first kappa shape index (κ1) is 15.4. The lowest BCUT2D eigenvalue weighted by Gasteiger charge is -2.22. The fraction of sp³-hybridized carbons (Fsp3) is 0.929. The van der Waals surface area contributed by atoms with Crippen LogP contribution in [0.3, 0.4) is 0 Å². The first-order chi connectivity index (χ1) is 8.59. The normalized spacial score (nSPS) is 18.9. The minimum atomic E-state index is -0.389.